The van der Waals surface area contributed by atoms with Crippen LogP contribution in [0.15, 0.2) is 47.6 Å². The van der Waals surface area contributed by atoms with Gasteiger partial charge in [0.05, 0.1) is 16.8 Å². The van der Waals surface area contributed by atoms with Crippen LogP contribution in [0.25, 0.3) is 16.8 Å². The van der Waals surface area contributed by atoms with Crippen molar-refractivity contribution in [3.63, 3.8) is 0 Å². The third-order valence-corrected chi connectivity index (χ3v) is 5.99. The molecule has 0 aromatic carbocycles. The fraction of sp³-hybridized carbons (Fsp3) is 0.222. The maximum absolute atomic E-state index is 9.30. The van der Waals surface area contributed by atoms with Gasteiger partial charge in [0.25, 0.3) is 0 Å². The Morgan fingerprint density at radius 2 is 2.09 bits per heavy atom. The van der Waals surface area contributed by atoms with Crippen LogP contribution in [-0.4, -0.2) is 14.6 Å². The lowest BCUT2D eigenvalue weighted by atomic mass is 10.00. The van der Waals surface area contributed by atoms with Crippen LogP contribution in [0.5, 0.6) is 0 Å². The number of nitrogens with zero attached hydrogens (tertiary/aromatic N) is 3. The molecular weight excluding hydrogens is 326 g/mol. The number of aromatic nitrogens is 2. The van der Waals surface area contributed by atoms with Gasteiger partial charge in [0, 0.05) is 28.1 Å². The highest BCUT2D eigenvalue weighted by atomic mass is 35.5. The van der Waals surface area contributed by atoms with Gasteiger partial charge in [-0.25, -0.2) is 0 Å². The van der Waals surface area contributed by atoms with Gasteiger partial charge < -0.3 is 0 Å². The van der Waals surface area contributed by atoms with Gasteiger partial charge in [-0.15, -0.1) is 11.8 Å². The Hall–Kier alpha value is -1.96. The van der Waals surface area contributed by atoms with Crippen molar-refractivity contribution in [3.8, 4) is 17.3 Å². The Morgan fingerprint density at radius 3 is 2.83 bits per heavy atom. The van der Waals surface area contributed by atoms with E-state index in [2.05, 4.69) is 17.1 Å². The Balaban J connectivity index is 1.90. The molecule has 23 heavy (non-hydrogen) atoms. The zero-order valence-electron chi connectivity index (χ0n) is 12.4. The molecule has 0 amide bonds. The standard InChI is InChI=1S/C18H14ClN3S/c19-18-7-6-15-12(10-20)4-5-16(22(15)18)14-11-21-9-8-17(14)23-13-2-1-3-13/h4-9,11,13H,1-3H2. The maximum atomic E-state index is 9.30. The molecule has 1 saturated carbocycles. The first-order valence-electron chi connectivity index (χ1n) is 7.59. The van der Waals surface area contributed by atoms with Crippen molar-refractivity contribution in [1.29, 1.82) is 5.26 Å². The van der Waals surface area contributed by atoms with Gasteiger partial charge in [0.1, 0.15) is 11.2 Å². The number of pyridine rings is 2. The minimum absolute atomic E-state index is 0.607. The minimum Gasteiger partial charge on any atom is -0.299 e. The van der Waals surface area contributed by atoms with Crippen LogP contribution in [-0.2, 0) is 0 Å². The molecule has 3 nitrogen and oxygen atoms in total. The molecule has 3 aromatic heterocycles. The molecule has 0 bridgehead atoms. The zero-order valence-corrected chi connectivity index (χ0v) is 13.9. The van der Waals surface area contributed by atoms with E-state index in [9.17, 15) is 5.26 Å². The topological polar surface area (TPSA) is 41.1 Å². The van der Waals surface area contributed by atoms with Crippen molar-refractivity contribution in [2.45, 2.75) is 29.4 Å². The number of hydrogen-bond acceptors (Lipinski definition) is 3. The van der Waals surface area contributed by atoms with Gasteiger partial charge in [-0.3, -0.25) is 9.38 Å². The normalized spacial score (nSPS) is 14.6. The van der Waals surface area contributed by atoms with Crippen LogP contribution in [0.4, 0.5) is 0 Å². The summed E-state index contributed by atoms with van der Waals surface area (Å²) in [5.74, 6) is 0. The van der Waals surface area contributed by atoms with E-state index in [1.165, 1.54) is 24.2 Å². The van der Waals surface area contributed by atoms with E-state index < -0.39 is 0 Å². The van der Waals surface area contributed by atoms with Crippen molar-refractivity contribution < 1.29 is 0 Å². The van der Waals surface area contributed by atoms with Crippen LogP contribution in [0.1, 0.15) is 24.8 Å². The molecule has 0 spiro atoms. The van der Waals surface area contributed by atoms with Crippen LogP contribution in [0, 0.1) is 11.3 Å². The van der Waals surface area contributed by atoms with Crippen LogP contribution < -0.4 is 0 Å². The van der Waals surface area contributed by atoms with Gasteiger partial charge in [-0.1, -0.05) is 18.0 Å². The van der Waals surface area contributed by atoms with Gasteiger partial charge >= 0.3 is 0 Å². The van der Waals surface area contributed by atoms with E-state index in [0.29, 0.717) is 16.0 Å². The van der Waals surface area contributed by atoms with Crippen LogP contribution >= 0.6 is 23.4 Å². The summed E-state index contributed by atoms with van der Waals surface area (Å²) in [5.41, 5.74) is 3.50. The van der Waals surface area contributed by atoms with E-state index in [-0.39, 0.29) is 0 Å². The molecule has 1 aliphatic carbocycles. The van der Waals surface area contributed by atoms with Crippen LogP contribution in [0.2, 0.25) is 5.15 Å². The second-order valence-corrected chi connectivity index (χ2v) is 7.39. The van der Waals surface area contributed by atoms with Crippen molar-refractivity contribution in [3.05, 3.63) is 53.4 Å². The molecule has 3 heterocycles. The molecule has 3 aromatic rings. The SMILES string of the molecule is N#Cc1ccc(-c2cnccc2SC2CCC2)n2c(Cl)ccc12. The zero-order chi connectivity index (χ0) is 15.8. The first-order chi connectivity index (χ1) is 11.3. The highest BCUT2D eigenvalue weighted by molar-refractivity contribution is 8.00. The summed E-state index contributed by atoms with van der Waals surface area (Å²) in [7, 11) is 0. The van der Waals surface area contributed by atoms with E-state index >= 15 is 0 Å². The van der Waals surface area contributed by atoms with E-state index in [1.807, 2.05) is 52.8 Å². The molecule has 4 rings (SSSR count). The smallest absolute Gasteiger partial charge is 0.114 e. The number of halogens is 1. The summed E-state index contributed by atoms with van der Waals surface area (Å²) in [4.78, 5) is 5.52. The maximum Gasteiger partial charge on any atom is 0.114 e. The molecule has 0 saturated heterocycles. The summed E-state index contributed by atoms with van der Waals surface area (Å²) in [6, 6.07) is 11.8. The van der Waals surface area contributed by atoms with Gasteiger partial charge in [0.2, 0.25) is 0 Å². The second-order valence-electron chi connectivity index (χ2n) is 5.66. The molecule has 1 aliphatic rings. The van der Waals surface area contributed by atoms with Crippen molar-refractivity contribution >= 4 is 28.9 Å². The van der Waals surface area contributed by atoms with Crippen LogP contribution in [0.3, 0.4) is 0 Å². The number of hydrogen-bond donors (Lipinski definition) is 0. The fourth-order valence-electron chi connectivity index (χ4n) is 2.84. The lowest BCUT2D eigenvalue weighted by molar-refractivity contribution is 0.522. The lowest BCUT2D eigenvalue weighted by Gasteiger charge is -2.25. The molecule has 1 fully saturated rings. The summed E-state index contributed by atoms with van der Waals surface area (Å²) >= 11 is 8.30. The van der Waals surface area contributed by atoms with E-state index in [0.717, 1.165) is 16.8 Å². The van der Waals surface area contributed by atoms with Crippen molar-refractivity contribution in [2.24, 2.45) is 0 Å². The molecule has 0 atom stereocenters. The third kappa shape index (κ3) is 2.50. The summed E-state index contributed by atoms with van der Waals surface area (Å²) in [6.45, 7) is 0. The molecule has 0 radical (unpaired) electrons. The van der Waals surface area contributed by atoms with Gasteiger partial charge in [-0.2, -0.15) is 5.26 Å². The average molecular weight is 340 g/mol. The average Bonchev–Trinajstić information content (AvgIpc) is 2.93. The number of fused-ring (bicyclic) bond motifs is 1. The first kappa shape index (κ1) is 14.6. The summed E-state index contributed by atoms with van der Waals surface area (Å²) < 4.78 is 1.93. The van der Waals surface area contributed by atoms with Gasteiger partial charge in [-0.05, 0) is 43.2 Å². The minimum atomic E-state index is 0.607. The van der Waals surface area contributed by atoms with Crippen molar-refractivity contribution in [1.82, 2.24) is 9.38 Å². The Morgan fingerprint density at radius 1 is 1.22 bits per heavy atom. The predicted octanol–water partition coefficient (Wildman–Crippen LogP) is 5.17. The summed E-state index contributed by atoms with van der Waals surface area (Å²) in [6.07, 6.45) is 7.60. The Bertz CT molecular complexity index is 922. The molecule has 114 valence electrons. The Labute approximate surface area is 143 Å². The monoisotopic (exact) mass is 339 g/mol. The molecular formula is C18H14ClN3S. The van der Waals surface area contributed by atoms with E-state index in [4.69, 9.17) is 11.6 Å². The lowest BCUT2D eigenvalue weighted by Crippen LogP contribution is -2.13. The Kier molecular flexibility index (Phi) is 3.76. The predicted molar refractivity (Wildman–Crippen MR) is 93.8 cm³/mol. The molecule has 5 heteroatoms. The second kappa shape index (κ2) is 5.92. The summed E-state index contributed by atoms with van der Waals surface area (Å²) in [5, 5.41) is 10.6. The highest BCUT2D eigenvalue weighted by Crippen LogP contribution is 2.41. The molecule has 0 N–H and O–H groups in total. The number of rotatable bonds is 3. The number of thioether (sulfide) groups is 1. The largest absolute Gasteiger partial charge is 0.299 e. The third-order valence-electron chi connectivity index (χ3n) is 4.28. The van der Waals surface area contributed by atoms with Gasteiger partial charge in [0.15, 0.2) is 0 Å². The molecule has 0 unspecified atom stereocenters. The quantitative estimate of drug-likeness (QED) is 0.661. The van der Waals surface area contributed by atoms with Crippen molar-refractivity contribution in [2.75, 3.05) is 0 Å². The highest BCUT2D eigenvalue weighted by Gasteiger charge is 2.21. The fourth-order valence-corrected chi connectivity index (χ4v) is 4.44. The number of nitriles is 1. The molecule has 0 aliphatic heterocycles. The first-order valence-corrected chi connectivity index (χ1v) is 8.85. The van der Waals surface area contributed by atoms with E-state index in [1.54, 1.807) is 0 Å².